The van der Waals surface area contributed by atoms with Crippen LogP contribution in [0.5, 0.6) is 0 Å². The Kier molecular flexibility index (Phi) is 175. The predicted molar refractivity (Wildman–Crippen MR) is 62.7 cm³/mol. The number of hydrogen-bond acceptors (Lipinski definition) is 10. The molecular formula is C4H10Ca2O8S2Sr. The van der Waals surface area contributed by atoms with Crippen molar-refractivity contribution in [2.24, 2.45) is 0 Å². The van der Waals surface area contributed by atoms with Gasteiger partial charge < -0.3 is 41.7 Å². The Morgan fingerprint density at radius 1 is 0.765 bits per heavy atom. The SMILES string of the molecule is O=C([O-])CS.O=C([O-])CS.[Ca+2].[Ca+2].[OH-].[OH-].[OH-].[OH-].[Sr+2]. The zero-order valence-corrected chi connectivity index (χ0v) is 18.5. The monoisotopic (exact) mass is 418 g/mol. The Bertz CT molecular complexity index is 118. The van der Waals surface area contributed by atoms with E-state index in [9.17, 15) is 19.8 Å². The van der Waals surface area contributed by atoms with E-state index < -0.39 is 11.9 Å². The van der Waals surface area contributed by atoms with E-state index in [0.29, 0.717) is 0 Å². The van der Waals surface area contributed by atoms with Gasteiger partial charge in [0, 0.05) is 11.5 Å². The van der Waals surface area contributed by atoms with Gasteiger partial charge in [-0.2, -0.15) is 25.3 Å². The van der Waals surface area contributed by atoms with Crippen molar-refractivity contribution in [1.82, 2.24) is 0 Å². The van der Waals surface area contributed by atoms with Gasteiger partial charge in [0.25, 0.3) is 0 Å². The molecule has 17 heavy (non-hydrogen) atoms. The standard InChI is InChI=1S/2C2H4O2S.2Ca.4H2O.Sr/c2*3-2(4)1-5;;;;;;;/h2*5H,1H2,(H,3,4);;;4*1H2;/q;;2*+2;;;;;+2/p-6. The number of carboxylic acid groups (broad SMARTS) is 2. The molecular weight excluding hydrogens is 408 g/mol. The molecule has 0 fully saturated rings. The second-order valence-electron chi connectivity index (χ2n) is 1.06. The number of carbonyl (C=O) groups excluding carboxylic acids is 2. The van der Waals surface area contributed by atoms with Crippen molar-refractivity contribution in [2.45, 2.75) is 0 Å². The average molecular weight is 418 g/mol. The number of hydrogen-bond donors (Lipinski definition) is 2. The Balaban J connectivity index is -0.00000000762. The van der Waals surface area contributed by atoms with E-state index in [4.69, 9.17) is 0 Å². The first-order valence-electron chi connectivity index (χ1n) is 2.16. The molecule has 0 spiro atoms. The van der Waals surface area contributed by atoms with Crippen LogP contribution in [0.15, 0.2) is 0 Å². The topological polar surface area (TPSA) is 200 Å². The quantitative estimate of drug-likeness (QED) is 0.330. The third kappa shape index (κ3) is 106. The molecule has 0 aromatic heterocycles. The maximum atomic E-state index is 9.18. The van der Waals surface area contributed by atoms with Crippen molar-refractivity contribution in [3.05, 3.63) is 0 Å². The fraction of sp³-hybridized carbons (Fsp3) is 0.500. The summed E-state index contributed by atoms with van der Waals surface area (Å²) in [6, 6.07) is 0. The number of carbonyl (C=O) groups is 2. The van der Waals surface area contributed by atoms with E-state index in [2.05, 4.69) is 25.3 Å². The molecule has 0 amide bonds. The molecule has 0 saturated heterocycles. The third-order valence-electron chi connectivity index (χ3n) is 0.258. The number of thiol groups is 2. The molecule has 0 atom stereocenters. The smallest absolute Gasteiger partial charge is 0.870 e. The number of rotatable bonds is 2. The third-order valence-corrected chi connectivity index (χ3v) is 0.775. The van der Waals surface area contributed by atoms with E-state index in [1.165, 1.54) is 0 Å². The normalized spacial score (nSPS) is 4.35. The number of aliphatic carboxylic acids is 2. The molecule has 0 aliphatic carbocycles. The van der Waals surface area contributed by atoms with Gasteiger partial charge in [-0.25, -0.2) is 0 Å². The first-order chi connectivity index (χ1) is 4.54. The van der Waals surface area contributed by atoms with Crippen molar-refractivity contribution < 1.29 is 41.7 Å². The number of carboxylic acids is 2. The maximum Gasteiger partial charge on any atom is 2.00 e. The molecule has 0 saturated carbocycles. The van der Waals surface area contributed by atoms with Gasteiger partial charge in [0.15, 0.2) is 0 Å². The maximum absolute atomic E-state index is 9.18. The molecule has 13 heteroatoms. The zero-order chi connectivity index (χ0) is 8.57. The summed E-state index contributed by atoms with van der Waals surface area (Å²) in [6.45, 7) is 0. The van der Waals surface area contributed by atoms with Gasteiger partial charge in [-0.15, -0.1) is 0 Å². The Hall–Kier alpha value is 3.48. The predicted octanol–water partition coefficient (Wildman–Crippen LogP) is -4.52. The van der Waals surface area contributed by atoms with E-state index in [-0.39, 0.29) is 154 Å². The zero-order valence-electron chi connectivity index (χ0n) is 8.85. The van der Waals surface area contributed by atoms with Crippen LogP contribution in [0, 0.1) is 0 Å². The van der Waals surface area contributed by atoms with Crippen LogP contribution in [0.3, 0.4) is 0 Å². The van der Waals surface area contributed by atoms with Crippen LogP contribution in [-0.4, -0.2) is 166 Å². The van der Waals surface area contributed by atoms with Crippen LogP contribution >= 0.6 is 25.3 Å². The van der Waals surface area contributed by atoms with Crippen molar-refractivity contribution >= 4 is 158 Å². The molecule has 0 rings (SSSR count). The first-order valence-corrected chi connectivity index (χ1v) is 3.42. The van der Waals surface area contributed by atoms with Crippen molar-refractivity contribution in [3.8, 4) is 0 Å². The van der Waals surface area contributed by atoms with Gasteiger partial charge in [-0.3, -0.25) is 0 Å². The molecule has 0 unspecified atom stereocenters. The molecule has 0 aliphatic heterocycles. The van der Waals surface area contributed by atoms with Gasteiger partial charge in [0.2, 0.25) is 0 Å². The molecule has 92 valence electrons. The summed E-state index contributed by atoms with van der Waals surface area (Å²) < 4.78 is 0. The second-order valence-corrected chi connectivity index (χ2v) is 1.69. The van der Waals surface area contributed by atoms with E-state index in [0.717, 1.165) is 0 Å². The summed E-state index contributed by atoms with van der Waals surface area (Å²) in [5.74, 6) is -2.65. The fourth-order valence-electron chi connectivity index (χ4n) is 0. The van der Waals surface area contributed by atoms with Crippen LogP contribution in [0.2, 0.25) is 0 Å². The Labute approximate surface area is 207 Å². The van der Waals surface area contributed by atoms with Crippen LogP contribution in [0.25, 0.3) is 0 Å². The van der Waals surface area contributed by atoms with Crippen molar-refractivity contribution in [3.63, 3.8) is 0 Å². The molecule has 0 heterocycles. The van der Waals surface area contributed by atoms with Crippen LogP contribution in [0.4, 0.5) is 0 Å². The summed E-state index contributed by atoms with van der Waals surface area (Å²) in [6.07, 6.45) is 0. The minimum atomic E-state index is -1.13. The van der Waals surface area contributed by atoms with E-state index >= 15 is 0 Å². The van der Waals surface area contributed by atoms with Crippen molar-refractivity contribution in [2.75, 3.05) is 11.5 Å². The molecule has 0 radical (unpaired) electrons. The average Bonchev–Trinajstić information content (AvgIpc) is 1.89. The van der Waals surface area contributed by atoms with Crippen LogP contribution < -0.4 is 10.2 Å². The summed E-state index contributed by atoms with van der Waals surface area (Å²) in [4.78, 5) is 18.4. The van der Waals surface area contributed by atoms with Gasteiger partial charge in [-0.1, -0.05) is 0 Å². The van der Waals surface area contributed by atoms with Crippen LogP contribution in [0.1, 0.15) is 0 Å². The van der Waals surface area contributed by atoms with Gasteiger partial charge in [0.05, 0.1) is 11.9 Å². The molecule has 0 aromatic rings. The minimum absolute atomic E-state index is 0. The minimum Gasteiger partial charge on any atom is -0.870 e. The van der Waals surface area contributed by atoms with Gasteiger partial charge >= 0.3 is 121 Å². The molecule has 0 aromatic carbocycles. The molecule has 0 aliphatic rings. The van der Waals surface area contributed by atoms with Gasteiger partial charge in [-0.05, 0) is 0 Å². The molecule has 8 nitrogen and oxygen atoms in total. The second kappa shape index (κ2) is 50.5. The van der Waals surface area contributed by atoms with E-state index in [1.54, 1.807) is 0 Å². The largest absolute Gasteiger partial charge is 2.00 e. The fourth-order valence-corrected chi connectivity index (χ4v) is 0. The summed E-state index contributed by atoms with van der Waals surface area (Å²) >= 11 is 6.71. The Morgan fingerprint density at radius 3 is 0.824 bits per heavy atom. The summed E-state index contributed by atoms with van der Waals surface area (Å²) in [7, 11) is 0. The summed E-state index contributed by atoms with van der Waals surface area (Å²) in [5.41, 5.74) is 0. The van der Waals surface area contributed by atoms with Crippen LogP contribution in [-0.2, 0) is 9.59 Å². The first kappa shape index (κ1) is 59.0. The molecule has 0 bridgehead atoms. The Morgan fingerprint density at radius 2 is 0.824 bits per heavy atom. The van der Waals surface area contributed by atoms with Crippen molar-refractivity contribution in [1.29, 1.82) is 0 Å². The van der Waals surface area contributed by atoms with Gasteiger partial charge in [0.1, 0.15) is 0 Å². The van der Waals surface area contributed by atoms with E-state index in [1.807, 2.05) is 0 Å². The molecule has 4 N–H and O–H groups in total. The summed E-state index contributed by atoms with van der Waals surface area (Å²) in [5, 5.41) is 18.4.